The topological polar surface area (TPSA) is 93.9 Å². The number of carbonyl (C=O) groups excluding carboxylic acids is 1. The fourth-order valence-corrected chi connectivity index (χ4v) is 3.21. The molecule has 0 aliphatic heterocycles. The normalized spacial score (nSPS) is 10.7. The number of nitro groups is 1. The van der Waals surface area contributed by atoms with Gasteiger partial charge in [0.1, 0.15) is 0 Å². The largest absolute Gasteiger partial charge is 0.493 e. The number of nitrogens with zero attached hydrogens (tertiary/aromatic N) is 2. The van der Waals surface area contributed by atoms with Crippen LogP contribution in [-0.4, -0.2) is 43.5 Å². The number of benzene rings is 3. The smallest absolute Gasteiger partial charge is 0.313 e. The monoisotopic (exact) mass is 469 g/mol. The molecular weight excluding hydrogens is 446 g/mol. The number of rotatable bonds is 9. The van der Waals surface area contributed by atoms with Gasteiger partial charge in [-0.25, -0.2) is 0 Å². The molecule has 1 amide bonds. The van der Waals surface area contributed by atoms with Crippen LogP contribution in [0.15, 0.2) is 60.7 Å². The fourth-order valence-electron chi connectivity index (χ4n) is 3.04. The van der Waals surface area contributed by atoms with E-state index < -0.39 is 4.92 Å². The molecule has 0 aliphatic carbocycles. The summed E-state index contributed by atoms with van der Waals surface area (Å²) in [5, 5.41) is 14.4. The minimum absolute atomic E-state index is 0.00857. The molecule has 0 unspecified atom stereocenters. The van der Waals surface area contributed by atoms with Crippen LogP contribution in [0.1, 0.15) is 15.9 Å². The minimum atomic E-state index is -0.582. The van der Waals surface area contributed by atoms with Gasteiger partial charge >= 0.3 is 5.69 Å². The van der Waals surface area contributed by atoms with E-state index in [-0.39, 0.29) is 33.9 Å². The Labute approximate surface area is 196 Å². The van der Waals surface area contributed by atoms with Gasteiger partial charge in [0.2, 0.25) is 5.75 Å². The van der Waals surface area contributed by atoms with Gasteiger partial charge in [0.25, 0.3) is 5.91 Å². The first-order chi connectivity index (χ1) is 15.8. The summed E-state index contributed by atoms with van der Waals surface area (Å²) in [7, 11) is 5.47. The third-order valence-corrected chi connectivity index (χ3v) is 5.06. The lowest BCUT2D eigenvalue weighted by Gasteiger charge is -2.13. The highest BCUT2D eigenvalue weighted by Crippen LogP contribution is 2.38. The maximum absolute atomic E-state index is 12.7. The fraction of sp³-hybridized carbons (Fsp3) is 0.208. The Kier molecular flexibility index (Phi) is 7.87. The second-order valence-electron chi connectivity index (χ2n) is 7.54. The van der Waals surface area contributed by atoms with E-state index in [0.717, 1.165) is 13.0 Å². The summed E-state index contributed by atoms with van der Waals surface area (Å²) in [6.45, 7) is 0.944. The van der Waals surface area contributed by atoms with Crippen molar-refractivity contribution in [2.75, 3.05) is 33.1 Å². The van der Waals surface area contributed by atoms with Gasteiger partial charge in [-0.3, -0.25) is 14.9 Å². The lowest BCUT2D eigenvalue weighted by atomic mass is 10.1. The lowest BCUT2D eigenvalue weighted by Crippen LogP contribution is -2.15. The Morgan fingerprint density at radius 2 is 1.73 bits per heavy atom. The number of likely N-dealkylation sites (N-methyl/N-ethyl adjacent to an activating group) is 1. The van der Waals surface area contributed by atoms with E-state index in [2.05, 4.69) is 10.2 Å². The summed E-state index contributed by atoms with van der Waals surface area (Å²) in [5.41, 5.74) is 1.92. The van der Waals surface area contributed by atoms with Crippen LogP contribution in [0, 0.1) is 10.1 Å². The highest BCUT2D eigenvalue weighted by atomic mass is 35.5. The van der Waals surface area contributed by atoms with Crippen molar-refractivity contribution in [3.8, 4) is 17.2 Å². The molecule has 0 atom stereocenters. The zero-order valence-corrected chi connectivity index (χ0v) is 19.3. The molecule has 0 aromatic heterocycles. The summed E-state index contributed by atoms with van der Waals surface area (Å²) < 4.78 is 11.0. The molecule has 0 saturated heterocycles. The Balaban J connectivity index is 1.74. The van der Waals surface area contributed by atoms with Crippen LogP contribution >= 0.6 is 11.6 Å². The Morgan fingerprint density at radius 3 is 2.36 bits per heavy atom. The maximum atomic E-state index is 12.7. The quantitative estimate of drug-likeness (QED) is 0.333. The number of hydrogen-bond acceptors (Lipinski definition) is 6. The van der Waals surface area contributed by atoms with E-state index in [1.807, 2.05) is 38.4 Å². The van der Waals surface area contributed by atoms with Crippen LogP contribution in [0.5, 0.6) is 17.2 Å². The molecule has 1 N–H and O–H groups in total. The third-order valence-electron chi connectivity index (χ3n) is 4.82. The van der Waals surface area contributed by atoms with Crippen molar-refractivity contribution in [2.45, 2.75) is 6.42 Å². The molecule has 3 rings (SSSR count). The molecule has 3 aromatic carbocycles. The molecular formula is C24H24ClN3O5. The van der Waals surface area contributed by atoms with E-state index >= 15 is 0 Å². The number of hydrogen-bond donors (Lipinski definition) is 1. The van der Waals surface area contributed by atoms with Crippen LogP contribution < -0.4 is 14.8 Å². The molecule has 0 spiro atoms. The van der Waals surface area contributed by atoms with Gasteiger partial charge < -0.3 is 19.7 Å². The molecule has 3 aromatic rings. The first-order valence-electron chi connectivity index (χ1n) is 10.1. The van der Waals surface area contributed by atoms with Gasteiger partial charge in [0, 0.05) is 28.9 Å². The second-order valence-corrected chi connectivity index (χ2v) is 7.98. The number of carbonyl (C=O) groups is 1. The van der Waals surface area contributed by atoms with Crippen molar-refractivity contribution in [3.05, 3.63) is 86.9 Å². The Bertz CT molecular complexity index is 1150. The molecule has 172 valence electrons. The number of nitrogens with one attached hydrogen (secondary N) is 1. The third kappa shape index (κ3) is 6.44. The van der Waals surface area contributed by atoms with Crippen molar-refractivity contribution in [2.24, 2.45) is 0 Å². The van der Waals surface area contributed by atoms with Gasteiger partial charge in [0.05, 0.1) is 12.0 Å². The van der Waals surface area contributed by atoms with E-state index in [1.165, 1.54) is 43.0 Å². The molecule has 0 saturated carbocycles. The number of halogens is 1. The van der Waals surface area contributed by atoms with Gasteiger partial charge in [-0.2, -0.15) is 0 Å². The van der Waals surface area contributed by atoms with Crippen LogP contribution in [-0.2, 0) is 6.42 Å². The second kappa shape index (κ2) is 10.8. The summed E-state index contributed by atoms with van der Waals surface area (Å²) >= 11 is 5.85. The van der Waals surface area contributed by atoms with E-state index in [1.54, 1.807) is 6.07 Å². The molecule has 0 bridgehead atoms. The van der Waals surface area contributed by atoms with Crippen molar-refractivity contribution in [1.29, 1.82) is 0 Å². The maximum Gasteiger partial charge on any atom is 0.313 e. The lowest BCUT2D eigenvalue weighted by molar-refractivity contribution is -0.385. The highest BCUT2D eigenvalue weighted by molar-refractivity contribution is 6.30. The highest BCUT2D eigenvalue weighted by Gasteiger charge is 2.19. The molecule has 33 heavy (non-hydrogen) atoms. The van der Waals surface area contributed by atoms with E-state index in [4.69, 9.17) is 21.1 Å². The van der Waals surface area contributed by atoms with Crippen LogP contribution in [0.25, 0.3) is 0 Å². The van der Waals surface area contributed by atoms with Crippen molar-refractivity contribution >= 4 is 28.9 Å². The standard InChI is InChI=1S/C24H24ClN3O5/c1-27(2)13-12-16-4-8-19(9-5-16)26-24(29)17-6-10-22(23(14-17)32-3)33-21-11-7-18(25)15-20(21)28(30)31/h4-11,14-15H,12-13H2,1-3H3,(H,26,29). The van der Waals surface area contributed by atoms with Crippen molar-refractivity contribution in [3.63, 3.8) is 0 Å². The number of ether oxygens (including phenoxy) is 2. The van der Waals surface area contributed by atoms with Gasteiger partial charge in [0.15, 0.2) is 11.5 Å². The van der Waals surface area contributed by atoms with Gasteiger partial charge in [-0.15, -0.1) is 0 Å². The number of amides is 1. The molecule has 8 nitrogen and oxygen atoms in total. The van der Waals surface area contributed by atoms with Crippen LogP contribution in [0.4, 0.5) is 11.4 Å². The summed E-state index contributed by atoms with van der Waals surface area (Å²) in [5.74, 6) is 0.170. The first kappa shape index (κ1) is 24.0. The minimum Gasteiger partial charge on any atom is -0.493 e. The number of methoxy groups -OCH3 is 1. The summed E-state index contributed by atoms with van der Waals surface area (Å²) in [6.07, 6.45) is 0.922. The SMILES string of the molecule is COc1cc(C(=O)Nc2ccc(CCN(C)C)cc2)ccc1Oc1ccc(Cl)cc1[N+](=O)[O-]. The summed E-state index contributed by atoms with van der Waals surface area (Å²) in [4.78, 5) is 25.5. The van der Waals surface area contributed by atoms with Gasteiger partial charge in [-0.05, 0) is 68.5 Å². The van der Waals surface area contributed by atoms with Crippen LogP contribution in [0.2, 0.25) is 5.02 Å². The average molecular weight is 470 g/mol. The van der Waals surface area contributed by atoms with E-state index in [0.29, 0.717) is 11.3 Å². The van der Waals surface area contributed by atoms with Crippen molar-refractivity contribution in [1.82, 2.24) is 4.90 Å². The number of nitro benzene ring substituents is 1. The first-order valence-corrected chi connectivity index (χ1v) is 10.5. The predicted molar refractivity (Wildman–Crippen MR) is 128 cm³/mol. The van der Waals surface area contributed by atoms with E-state index in [9.17, 15) is 14.9 Å². The summed E-state index contributed by atoms with van der Waals surface area (Å²) in [6, 6.07) is 16.4. The zero-order chi connectivity index (χ0) is 24.0. The zero-order valence-electron chi connectivity index (χ0n) is 18.5. The molecule has 0 heterocycles. The van der Waals surface area contributed by atoms with Crippen molar-refractivity contribution < 1.29 is 19.2 Å². The Hall–Kier alpha value is -3.62. The average Bonchev–Trinajstić information content (AvgIpc) is 2.79. The van der Waals surface area contributed by atoms with Gasteiger partial charge in [-0.1, -0.05) is 23.7 Å². The van der Waals surface area contributed by atoms with Crippen LogP contribution in [0.3, 0.4) is 0 Å². The Morgan fingerprint density at radius 1 is 1.03 bits per heavy atom. The molecule has 0 radical (unpaired) electrons. The predicted octanol–water partition coefficient (Wildman–Crippen LogP) is 5.41. The molecule has 9 heteroatoms. The number of anilines is 1. The molecule has 0 fully saturated rings. The molecule has 0 aliphatic rings.